The lowest BCUT2D eigenvalue weighted by atomic mass is 10.0. The molecule has 0 spiro atoms. The van der Waals surface area contributed by atoms with Crippen LogP contribution < -0.4 is 0 Å². The summed E-state index contributed by atoms with van der Waals surface area (Å²) >= 11 is 1.53. The number of fused-ring (bicyclic) bond motifs is 3. The van der Waals surface area contributed by atoms with E-state index in [-0.39, 0.29) is 5.57 Å². The van der Waals surface area contributed by atoms with E-state index in [9.17, 15) is 9.90 Å². The smallest absolute Gasteiger partial charge is 0.347 e. The van der Waals surface area contributed by atoms with Gasteiger partial charge in [-0.1, -0.05) is 24.3 Å². The number of thiophene rings is 1. The Balaban J connectivity index is 2.44. The predicted octanol–water partition coefficient (Wildman–Crippen LogP) is 3.45. The maximum atomic E-state index is 11.3. The normalized spacial score (nSPS) is 14.5. The number of aliphatic carboxylic acids is 1. The van der Waals surface area contributed by atoms with Gasteiger partial charge >= 0.3 is 5.97 Å². The highest BCUT2D eigenvalue weighted by Crippen LogP contribution is 2.49. The third-order valence-electron chi connectivity index (χ3n) is 3.14. The number of benzene rings is 1. The van der Waals surface area contributed by atoms with E-state index in [1.54, 1.807) is 0 Å². The Hall–Kier alpha value is -2.38. The zero-order valence-electron chi connectivity index (χ0n) is 10.1. The van der Waals surface area contributed by atoms with Crippen LogP contribution in [0.3, 0.4) is 0 Å². The minimum absolute atomic E-state index is 0.187. The summed E-state index contributed by atoms with van der Waals surface area (Å²) in [4.78, 5) is 13.3. The molecule has 0 radical (unpaired) electrons. The molecule has 0 fully saturated rings. The summed E-state index contributed by atoms with van der Waals surface area (Å²) < 4.78 is 0. The van der Waals surface area contributed by atoms with Gasteiger partial charge in [0.1, 0.15) is 11.6 Å². The van der Waals surface area contributed by atoms with Gasteiger partial charge in [-0.15, -0.1) is 11.3 Å². The van der Waals surface area contributed by atoms with Crippen LogP contribution in [0.4, 0.5) is 0 Å². The van der Waals surface area contributed by atoms with Crippen LogP contribution in [0.5, 0.6) is 0 Å². The molecule has 3 rings (SSSR count). The molecule has 1 aromatic carbocycles. The van der Waals surface area contributed by atoms with Gasteiger partial charge in [0.25, 0.3) is 0 Å². The van der Waals surface area contributed by atoms with Crippen molar-refractivity contribution in [1.82, 2.24) is 0 Å². The molecule has 2 aromatic rings. The Morgan fingerprint density at radius 2 is 1.95 bits per heavy atom. The molecule has 19 heavy (non-hydrogen) atoms. The maximum absolute atomic E-state index is 11.3. The number of nitrogens with zero attached hydrogens (tertiary/aromatic N) is 1. The van der Waals surface area contributed by atoms with Gasteiger partial charge in [0, 0.05) is 20.9 Å². The molecule has 1 aliphatic carbocycles. The van der Waals surface area contributed by atoms with Gasteiger partial charge in [-0.2, -0.15) is 5.26 Å². The highest BCUT2D eigenvalue weighted by atomic mass is 32.1. The van der Waals surface area contributed by atoms with E-state index in [0.29, 0.717) is 5.57 Å². The molecule has 0 aliphatic heterocycles. The average molecular weight is 267 g/mol. The molecule has 0 bridgehead atoms. The second-order valence-electron chi connectivity index (χ2n) is 4.31. The van der Waals surface area contributed by atoms with Gasteiger partial charge < -0.3 is 5.11 Å². The average Bonchev–Trinajstić information content (AvgIpc) is 2.88. The first kappa shape index (κ1) is 11.7. The molecule has 0 amide bonds. The van der Waals surface area contributed by atoms with Gasteiger partial charge in [-0.3, -0.25) is 0 Å². The van der Waals surface area contributed by atoms with Crippen LogP contribution in [0.1, 0.15) is 15.3 Å². The van der Waals surface area contributed by atoms with Crippen molar-refractivity contribution in [1.29, 1.82) is 5.26 Å². The summed E-state index contributed by atoms with van der Waals surface area (Å²) in [6.45, 7) is 1.98. The van der Waals surface area contributed by atoms with Crippen LogP contribution in [0, 0.1) is 18.3 Å². The highest BCUT2D eigenvalue weighted by molar-refractivity contribution is 7.14. The first-order valence-corrected chi connectivity index (χ1v) is 6.53. The van der Waals surface area contributed by atoms with E-state index in [4.69, 9.17) is 5.26 Å². The quantitative estimate of drug-likeness (QED) is 0.542. The summed E-state index contributed by atoms with van der Waals surface area (Å²) in [5.74, 6) is -1.17. The van der Waals surface area contributed by atoms with Crippen molar-refractivity contribution in [2.75, 3.05) is 0 Å². The fraction of sp³-hybridized carbons (Fsp3) is 0.0667. The van der Waals surface area contributed by atoms with Crippen LogP contribution in [0.25, 0.3) is 16.7 Å². The fourth-order valence-corrected chi connectivity index (χ4v) is 3.51. The Bertz CT molecular complexity index is 778. The van der Waals surface area contributed by atoms with E-state index >= 15 is 0 Å². The van der Waals surface area contributed by atoms with Crippen LogP contribution in [-0.2, 0) is 4.79 Å². The number of hydrogen-bond donors (Lipinski definition) is 1. The molecule has 1 heterocycles. The molecule has 3 nitrogen and oxygen atoms in total. The predicted molar refractivity (Wildman–Crippen MR) is 73.8 cm³/mol. The first-order chi connectivity index (χ1) is 9.13. The molecule has 4 heteroatoms. The molecular weight excluding hydrogens is 258 g/mol. The highest BCUT2D eigenvalue weighted by Gasteiger charge is 2.30. The van der Waals surface area contributed by atoms with Crippen molar-refractivity contribution in [2.24, 2.45) is 0 Å². The van der Waals surface area contributed by atoms with E-state index in [1.807, 2.05) is 43.3 Å². The SMILES string of the molecule is Cc1cc2c(s1)/C(=C(\C#N)C(=O)O)c1ccccc1-2. The van der Waals surface area contributed by atoms with Crippen LogP contribution in [-0.4, -0.2) is 11.1 Å². The largest absolute Gasteiger partial charge is 0.477 e. The van der Waals surface area contributed by atoms with E-state index < -0.39 is 5.97 Å². The number of hydrogen-bond acceptors (Lipinski definition) is 3. The summed E-state index contributed by atoms with van der Waals surface area (Å²) in [5, 5.41) is 18.3. The summed E-state index contributed by atoms with van der Waals surface area (Å²) in [5.41, 5.74) is 3.24. The molecule has 0 unspecified atom stereocenters. The zero-order chi connectivity index (χ0) is 13.6. The number of carboxylic acid groups (broad SMARTS) is 1. The Kier molecular flexibility index (Phi) is 2.51. The second kappa shape index (κ2) is 4.08. The molecule has 1 aromatic heterocycles. The van der Waals surface area contributed by atoms with Crippen molar-refractivity contribution in [3.63, 3.8) is 0 Å². The van der Waals surface area contributed by atoms with E-state index in [1.165, 1.54) is 11.3 Å². The molecule has 1 N–H and O–H groups in total. The minimum Gasteiger partial charge on any atom is -0.477 e. The Morgan fingerprint density at radius 3 is 2.58 bits per heavy atom. The third kappa shape index (κ3) is 1.60. The molecule has 1 aliphatic rings. The summed E-state index contributed by atoms with van der Waals surface area (Å²) in [6.07, 6.45) is 0. The van der Waals surface area contributed by atoms with Crippen LogP contribution >= 0.6 is 11.3 Å². The van der Waals surface area contributed by atoms with Crippen molar-refractivity contribution >= 4 is 22.9 Å². The van der Waals surface area contributed by atoms with E-state index in [0.717, 1.165) is 26.4 Å². The molecule has 0 saturated carbocycles. The third-order valence-corrected chi connectivity index (χ3v) is 4.21. The van der Waals surface area contributed by atoms with Gasteiger partial charge in [-0.05, 0) is 24.1 Å². The number of carboxylic acids is 1. The fourth-order valence-electron chi connectivity index (χ4n) is 2.42. The summed E-state index contributed by atoms with van der Waals surface area (Å²) in [6, 6.07) is 11.5. The zero-order valence-corrected chi connectivity index (χ0v) is 10.9. The number of aryl methyl sites for hydroxylation is 1. The molecule has 0 saturated heterocycles. The van der Waals surface area contributed by atoms with Crippen LogP contribution in [0.15, 0.2) is 35.9 Å². The lowest BCUT2D eigenvalue weighted by Gasteiger charge is -2.03. The maximum Gasteiger partial charge on any atom is 0.347 e. The van der Waals surface area contributed by atoms with Gasteiger partial charge in [0.15, 0.2) is 0 Å². The number of rotatable bonds is 1. The minimum atomic E-state index is -1.17. The van der Waals surface area contributed by atoms with E-state index in [2.05, 4.69) is 0 Å². The summed E-state index contributed by atoms with van der Waals surface area (Å²) in [7, 11) is 0. The lowest BCUT2D eigenvalue weighted by molar-refractivity contribution is -0.132. The molecule has 0 atom stereocenters. The van der Waals surface area contributed by atoms with Gasteiger partial charge in [-0.25, -0.2) is 4.79 Å². The first-order valence-electron chi connectivity index (χ1n) is 5.71. The van der Waals surface area contributed by atoms with Crippen molar-refractivity contribution in [2.45, 2.75) is 6.92 Å². The van der Waals surface area contributed by atoms with Crippen molar-refractivity contribution < 1.29 is 9.90 Å². The van der Waals surface area contributed by atoms with Gasteiger partial charge in [0.05, 0.1) is 0 Å². The molecular formula is C15H9NO2S. The Morgan fingerprint density at radius 1 is 1.26 bits per heavy atom. The lowest BCUT2D eigenvalue weighted by Crippen LogP contribution is -2.01. The van der Waals surface area contributed by atoms with Crippen molar-refractivity contribution in [3.8, 4) is 17.2 Å². The topological polar surface area (TPSA) is 61.1 Å². The van der Waals surface area contributed by atoms with Gasteiger partial charge in [0.2, 0.25) is 0 Å². The monoisotopic (exact) mass is 267 g/mol. The Labute approximate surface area is 114 Å². The standard InChI is InChI=1S/C15H9NO2S/c1-8-6-11-9-4-2-3-5-10(9)13(14(11)19-8)12(7-16)15(17)18/h2-6H,1H3,(H,17,18)/b13-12+. The van der Waals surface area contributed by atoms with Crippen molar-refractivity contribution in [3.05, 3.63) is 51.2 Å². The number of nitriles is 1. The number of carbonyl (C=O) groups is 1. The molecule has 92 valence electrons. The second-order valence-corrected chi connectivity index (χ2v) is 5.57. The van der Waals surface area contributed by atoms with Crippen LogP contribution in [0.2, 0.25) is 0 Å².